The Balaban J connectivity index is 2.00. The van der Waals surface area contributed by atoms with Crippen molar-refractivity contribution in [3.05, 3.63) is 58.5 Å². The molecule has 2 aromatic carbocycles. The van der Waals surface area contributed by atoms with E-state index in [1.54, 1.807) is 12.1 Å². The van der Waals surface area contributed by atoms with Gasteiger partial charge < -0.3 is 24.3 Å². The van der Waals surface area contributed by atoms with E-state index in [-0.39, 0.29) is 0 Å². The fourth-order valence-electron chi connectivity index (χ4n) is 3.40. The maximum atomic E-state index is 13.2. The van der Waals surface area contributed by atoms with Gasteiger partial charge in [-0.3, -0.25) is 4.79 Å². The van der Waals surface area contributed by atoms with Crippen LogP contribution in [0, 0.1) is 6.92 Å². The molecule has 1 heterocycles. The molecular weight excluding hydrogens is 454 g/mol. The van der Waals surface area contributed by atoms with Crippen molar-refractivity contribution in [1.82, 2.24) is 0 Å². The van der Waals surface area contributed by atoms with Gasteiger partial charge >= 0.3 is 5.97 Å². The lowest BCUT2D eigenvalue weighted by Crippen LogP contribution is -2.15. The normalized spacial score (nSPS) is 10.5. The van der Waals surface area contributed by atoms with Crippen molar-refractivity contribution in [3.63, 3.8) is 0 Å². The van der Waals surface area contributed by atoms with Gasteiger partial charge in [0.25, 0.3) is 5.91 Å². The fourth-order valence-corrected chi connectivity index (χ4v) is 4.35. The summed E-state index contributed by atoms with van der Waals surface area (Å²) in [5.41, 5.74) is 3.30. The molecule has 0 unspecified atom stereocenters. The van der Waals surface area contributed by atoms with Crippen molar-refractivity contribution in [2.75, 3.05) is 32.2 Å². The minimum absolute atomic E-state index is 0.311. The summed E-state index contributed by atoms with van der Waals surface area (Å²) in [4.78, 5) is 25.9. The Bertz CT molecular complexity index is 1130. The predicted molar refractivity (Wildman–Crippen MR) is 134 cm³/mol. The Kier molecular flexibility index (Phi) is 8.54. The lowest BCUT2D eigenvalue weighted by molar-refractivity contribution is 0.0603. The monoisotopic (exact) mass is 483 g/mol. The Morgan fingerprint density at radius 3 is 2.03 bits per heavy atom. The summed E-state index contributed by atoms with van der Waals surface area (Å²) in [6.45, 7) is 8.78. The highest BCUT2D eigenvalue weighted by atomic mass is 32.1. The van der Waals surface area contributed by atoms with Crippen LogP contribution in [0.5, 0.6) is 17.2 Å². The number of hydrogen-bond donors (Lipinski definition) is 1. The zero-order chi connectivity index (χ0) is 24.7. The van der Waals surface area contributed by atoms with Crippen LogP contribution < -0.4 is 19.5 Å². The lowest BCUT2D eigenvalue weighted by Gasteiger charge is -2.17. The molecule has 0 saturated carbocycles. The first-order chi connectivity index (χ1) is 16.4. The third-order valence-corrected chi connectivity index (χ3v) is 5.84. The second-order valence-electron chi connectivity index (χ2n) is 7.27. The lowest BCUT2D eigenvalue weighted by atomic mass is 10.0. The fraction of sp³-hybridized carbons (Fsp3) is 0.308. The highest BCUT2D eigenvalue weighted by Crippen LogP contribution is 2.40. The Hall–Kier alpha value is -3.52. The molecule has 0 aliphatic rings. The van der Waals surface area contributed by atoms with E-state index in [1.807, 2.05) is 57.3 Å². The van der Waals surface area contributed by atoms with Gasteiger partial charge in [0.1, 0.15) is 10.6 Å². The highest BCUT2D eigenvalue weighted by Gasteiger charge is 2.24. The summed E-state index contributed by atoms with van der Waals surface area (Å²) < 4.78 is 22.1. The smallest absolute Gasteiger partial charge is 0.341 e. The van der Waals surface area contributed by atoms with Crippen molar-refractivity contribution >= 4 is 28.2 Å². The average molecular weight is 484 g/mol. The number of nitrogens with one attached hydrogen (secondary N) is 1. The van der Waals surface area contributed by atoms with Gasteiger partial charge in [-0.15, -0.1) is 11.3 Å². The second kappa shape index (κ2) is 11.6. The first-order valence-electron chi connectivity index (χ1n) is 11.1. The molecule has 0 bridgehead atoms. The molecule has 1 amide bonds. The molecule has 8 heteroatoms. The summed E-state index contributed by atoms with van der Waals surface area (Å²) in [6.07, 6.45) is 0. The van der Waals surface area contributed by atoms with Crippen LogP contribution in [0.2, 0.25) is 0 Å². The van der Waals surface area contributed by atoms with Crippen molar-refractivity contribution in [1.29, 1.82) is 0 Å². The van der Waals surface area contributed by atoms with Gasteiger partial charge in [-0.1, -0.05) is 29.8 Å². The minimum Gasteiger partial charge on any atom is -0.490 e. The molecule has 3 aromatic rings. The molecule has 0 aliphatic heterocycles. The number of amides is 1. The first-order valence-corrected chi connectivity index (χ1v) is 12.0. The van der Waals surface area contributed by atoms with E-state index in [2.05, 4.69) is 5.32 Å². The molecule has 0 spiro atoms. The van der Waals surface area contributed by atoms with Crippen LogP contribution in [0.3, 0.4) is 0 Å². The van der Waals surface area contributed by atoms with E-state index in [9.17, 15) is 9.59 Å². The topological polar surface area (TPSA) is 83.1 Å². The van der Waals surface area contributed by atoms with Gasteiger partial charge in [0.2, 0.25) is 5.75 Å². The molecule has 7 nitrogen and oxygen atoms in total. The average Bonchev–Trinajstić information content (AvgIpc) is 3.24. The van der Waals surface area contributed by atoms with Crippen molar-refractivity contribution < 1.29 is 28.5 Å². The Labute approximate surface area is 203 Å². The molecular formula is C26H29NO6S. The van der Waals surface area contributed by atoms with E-state index in [0.29, 0.717) is 58.8 Å². The van der Waals surface area contributed by atoms with E-state index < -0.39 is 11.9 Å². The first kappa shape index (κ1) is 25.1. The van der Waals surface area contributed by atoms with Crippen LogP contribution in [-0.4, -0.2) is 38.8 Å². The molecule has 0 atom stereocenters. The van der Waals surface area contributed by atoms with Crippen LogP contribution in [0.1, 0.15) is 47.1 Å². The van der Waals surface area contributed by atoms with E-state index in [4.69, 9.17) is 18.9 Å². The number of esters is 1. The number of carbonyl (C=O) groups excluding carboxylic acids is 2. The van der Waals surface area contributed by atoms with Crippen LogP contribution in [0.15, 0.2) is 41.8 Å². The van der Waals surface area contributed by atoms with E-state index in [0.717, 1.165) is 11.1 Å². The Morgan fingerprint density at radius 2 is 1.50 bits per heavy atom. The molecule has 0 aliphatic carbocycles. The van der Waals surface area contributed by atoms with Crippen LogP contribution in [0.4, 0.5) is 5.00 Å². The van der Waals surface area contributed by atoms with Crippen molar-refractivity contribution in [3.8, 4) is 28.4 Å². The van der Waals surface area contributed by atoms with E-state index >= 15 is 0 Å². The van der Waals surface area contributed by atoms with Gasteiger partial charge in [0.15, 0.2) is 11.5 Å². The quantitative estimate of drug-likeness (QED) is 0.358. The standard InChI is InChI=1S/C26H29NO6S/c1-6-31-20-13-18(14-21(32-7-2)23(20)33-8-3)24(28)27-25-22(26(29)30-5)19(15-34-25)17-11-9-16(4)10-12-17/h9-15H,6-8H2,1-5H3,(H,27,28). The van der Waals surface area contributed by atoms with Crippen LogP contribution in [-0.2, 0) is 4.74 Å². The summed E-state index contributed by atoms with van der Waals surface area (Å²) in [5.74, 6) is 0.354. The SMILES string of the molecule is CCOc1cc(C(=O)Nc2scc(-c3ccc(C)cc3)c2C(=O)OC)cc(OCC)c1OCC. The van der Waals surface area contributed by atoms with Crippen LogP contribution in [0.25, 0.3) is 11.1 Å². The number of methoxy groups -OCH3 is 1. The number of rotatable bonds is 10. The van der Waals surface area contributed by atoms with Gasteiger partial charge in [-0.05, 0) is 45.4 Å². The highest BCUT2D eigenvalue weighted by molar-refractivity contribution is 7.15. The van der Waals surface area contributed by atoms with Crippen molar-refractivity contribution in [2.24, 2.45) is 0 Å². The maximum Gasteiger partial charge on any atom is 0.341 e. The van der Waals surface area contributed by atoms with Crippen molar-refractivity contribution in [2.45, 2.75) is 27.7 Å². The number of benzene rings is 2. The number of hydrogen-bond acceptors (Lipinski definition) is 7. The molecule has 3 rings (SSSR count). The zero-order valence-corrected chi connectivity index (χ0v) is 20.8. The molecule has 1 N–H and O–H groups in total. The molecule has 0 fully saturated rings. The molecule has 0 radical (unpaired) electrons. The summed E-state index contributed by atoms with van der Waals surface area (Å²) in [6, 6.07) is 11.0. The van der Waals surface area contributed by atoms with E-state index in [1.165, 1.54) is 18.4 Å². The van der Waals surface area contributed by atoms with Gasteiger partial charge in [0.05, 0.1) is 26.9 Å². The molecule has 0 saturated heterocycles. The maximum absolute atomic E-state index is 13.2. The zero-order valence-electron chi connectivity index (χ0n) is 20.0. The Morgan fingerprint density at radius 1 is 0.912 bits per heavy atom. The number of aryl methyl sites for hydroxylation is 1. The summed E-state index contributed by atoms with van der Waals surface area (Å²) >= 11 is 1.26. The van der Waals surface area contributed by atoms with Gasteiger partial charge in [0, 0.05) is 16.5 Å². The van der Waals surface area contributed by atoms with Crippen LogP contribution >= 0.6 is 11.3 Å². The minimum atomic E-state index is -0.524. The number of anilines is 1. The molecule has 34 heavy (non-hydrogen) atoms. The summed E-state index contributed by atoms with van der Waals surface area (Å²) in [7, 11) is 1.32. The number of ether oxygens (including phenoxy) is 4. The number of thiophene rings is 1. The molecule has 1 aromatic heterocycles. The third kappa shape index (κ3) is 5.51. The third-order valence-electron chi connectivity index (χ3n) is 4.94. The van der Waals surface area contributed by atoms with Gasteiger partial charge in [-0.2, -0.15) is 0 Å². The number of carbonyl (C=O) groups is 2. The molecule has 180 valence electrons. The predicted octanol–water partition coefficient (Wildman–Crippen LogP) is 5.96. The summed E-state index contributed by atoms with van der Waals surface area (Å²) in [5, 5.41) is 5.10. The van der Waals surface area contributed by atoms with Gasteiger partial charge in [-0.25, -0.2) is 4.79 Å². The second-order valence-corrected chi connectivity index (χ2v) is 8.15. The largest absolute Gasteiger partial charge is 0.490 e.